The van der Waals surface area contributed by atoms with Crippen molar-refractivity contribution in [1.29, 1.82) is 0 Å². The zero-order valence-electron chi connectivity index (χ0n) is 15.7. The van der Waals surface area contributed by atoms with E-state index in [2.05, 4.69) is 0 Å². The summed E-state index contributed by atoms with van der Waals surface area (Å²) < 4.78 is 28.7. The van der Waals surface area contributed by atoms with E-state index < -0.39 is 10.0 Å². The van der Waals surface area contributed by atoms with Crippen LogP contribution in [0.5, 0.6) is 0 Å². The molecule has 0 aromatic heterocycles. The molecule has 0 bridgehead atoms. The molecule has 1 saturated heterocycles. The van der Waals surface area contributed by atoms with Crippen LogP contribution >= 0.6 is 23.2 Å². The number of sulfonamides is 1. The van der Waals surface area contributed by atoms with Crippen LogP contribution < -0.4 is 0 Å². The van der Waals surface area contributed by atoms with Gasteiger partial charge in [0.05, 0.1) is 10.9 Å². The summed E-state index contributed by atoms with van der Waals surface area (Å²) in [7, 11) is -1.98. The van der Waals surface area contributed by atoms with Gasteiger partial charge >= 0.3 is 0 Å². The summed E-state index contributed by atoms with van der Waals surface area (Å²) >= 11 is 12.0. The van der Waals surface area contributed by atoms with Gasteiger partial charge in [0.15, 0.2) is 0 Å². The van der Waals surface area contributed by atoms with Crippen LogP contribution in [0.1, 0.15) is 23.1 Å². The molecule has 7 heteroatoms. The zero-order valence-corrected chi connectivity index (χ0v) is 18.1. The molecule has 3 aromatic carbocycles. The van der Waals surface area contributed by atoms with E-state index >= 15 is 0 Å². The van der Waals surface area contributed by atoms with Crippen LogP contribution in [0.3, 0.4) is 0 Å². The monoisotopic (exact) mass is 446 g/mol. The quantitative estimate of drug-likeness (QED) is 0.540. The molecular formula is C22H20Cl2N2O2S. The van der Waals surface area contributed by atoms with Crippen molar-refractivity contribution in [2.45, 2.75) is 16.9 Å². The van der Waals surface area contributed by atoms with Crippen LogP contribution in [0.25, 0.3) is 0 Å². The lowest BCUT2D eigenvalue weighted by molar-refractivity contribution is 0.125. The maximum Gasteiger partial charge on any atom is 0.256 e. The second-order valence-electron chi connectivity index (χ2n) is 7.09. The summed E-state index contributed by atoms with van der Waals surface area (Å²) in [5, 5.41) is 2.89. The van der Waals surface area contributed by atoms with Crippen molar-refractivity contribution in [3.05, 3.63) is 100 Å². The third-order valence-corrected chi connectivity index (χ3v) is 7.58. The predicted molar refractivity (Wildman–Crippen MR) is 116 cm³/mol. The molecule has 4 rings (SSSR count). The summed E-state index contributed by atoms with van der Waals surface area (Å²) in [5.74, 6) is -0.0237. The third kappa shape index (κ3) is 3.93. The number of rotatable bonds is 4. The Labute approximate surface area is 181 Å². The zero-order chi connectivity index (χ0) is 20.6. The topological polar surface area (TPSA) is 40.6 Å². The number of nitrogens with zero attached hydrogens (tertiary/aromatic N) is 2. The fourth-order valence-corrected chi connectivity index (χ4v) is 5.84. The van der Waals surface area contributed by atoms with E-state index in [4.69, 9.17) is 23.2 Å². The first-order chi connectivity index (χ1) is 13.9. The smallest absolute Gasteiger partial charge is 0.230 e. The molecule has 4 nitrogen and oxygen atoms in total. The molecule has 1 aliphatic heterocycles. The van der Waals surface area contributed by atoms with Crippen LogP contribution in [-0.4, -0.2) is 31.4 Å². The van der Waals surface area contributed by atoms with Crippen LogP contribution in [0.15, 0.2) is 83.8 Å². The first kappa shape index (κ1) is 20.4. The highest BCUT2D eigenvalue weighted by Crippen LogP contribution is 2.45. The standard InChI is InChI=1S/C22H20Cl2N2O2S/c1-25-15-21(16-5-3-2-4-6-16)22(17-7-9-18(23)10-8-17)26(25)29(27,28)20-13-11-19(24)12-14-20/h2-14,21-22H,15H2,1H3/t21-,22?/m1/s1. The van der Waals surface area contributed by atoms with Gasteiger partial charge in [-0.3, -0.25) is 0 Å². The summed E-state index contributed by atoms with van der Waals surface area (Å²) in [6.45, 7) is 0.574. The van der Waals surface area contributed by atoms with E-state index in [9.17, 15) is 8.42 Å². The number of halogens is 2. The predicted octanol–water partition coefficient (Wildman–Crippen LogP) is 5.37. The molecule has 3 aromatic rings. The fraction of sp³-hybridized carbons (Fsp3) is 0.182. The van der Waals surface area contributed by atoms with Crippen molar-refractivity contribution >= 4 is 33.2 Å². The second-order valence-corrected chi connectivity index (χ2v) is 9.75. The Morgan fingerprint density at radius 2 is 1.34 bits per heavy atom. The molecule has 0 aliphatic carbocycles. The van der Waals surface area contributed by atoms with Crippen LogP contribution in [0.4, 0.5) is 0 Å². The maximum atomic E-state index is 13.6. The number of hydrogen-bond donors (Lipinski definition) is 0. The van der Waals surface area contributed by atoms with Gasteiger partial charge in [0.25, 0.3) is 10.0 Å². The normalized spacial score (nSPS) is 20.8. The van der Waals surface area contributed by atoms with Crippen LogP contribution in [-0.2, 0) is 10.0 Å². The van der Waals surface area contributed by atoms with Gasteiger partial charge in [-0.05, 0) is 47.5 Å². The molecule has 2 atom stereocenters. The Morgan fingerprint density at radius 1 is 0.793 bits per heavy atom. The second kappa shape index (κ2) is 8.09. The van der Waals surface area contributed by atoms with E-state index in [-0.39, 0.29) is 16.9 Å². The Morgan fingerprint density at radius 3 is 1.93 bits per heavy atom. The van der Waals surface area contributed by atoms with Crippen LogP contribution in [0.2, 0.25) is 10.0 Å². The molecule has 0 N–H and O–H groups in total. The van der Waals surface area contributed by atoms with Gasteiger partial charge in [-0.1, -0.05) is 65.7 Å². The first-order valence-corrected chi connectivity index (χ1v) is 11.4. The number of hydrazine groups is 1. The summed E-state index contributed by atoms with van der Waals surface area (Å²) in [6.07, 6.45) is 0. The molecule has 1 unspecified atom stereocenters. The summed E-state index contributed by atoms with van der Waals surface area (Å²) in [4.78, 5) is 0.210. The Balaban J connectivity index is 1.84. The SMILES string of the molecule is CN1C[C@H](c2ccccc2)C(c2ccc(Cl)cc2)N1S(=O)(=O)c1ccc(Cl)cc1. The molecule has 0 radical (unpaired) electrons. The van der Waals surface area contributed by atoms with E-state index in [0.29, 0.717) is 16.6 Å². The molecule has 150 valence electrons. The number of benzene rings is 3. The van der Waals surface area contributed by atoms with Crippen molar-refractivity contribution in [3.8, 4) is 0 Å². The number of hydrogen-bond acceptors (Lipinski definition) is 3. The van der Waals surface area contributed by atoms with Gasteiger partial charge in [0.2, 0.25) is 0 Å². The van der Waals surface area contributed by atoms with Crippen molar-refractivity contribution in [1.82, 2.24) is 9.42 Å². The van der Waals surface area contributed by atoms with Gasteiger partial charge in [0, 0.05) is 29.6 Å². The summed E-state index contributed by atoms with van der Waals surface area (Å²) in [6, 6.07) is 23.3. The minimum absolute atomic E-state index is 0.0237. The van der Waals surface area contributed by atoms with Crippen molar-refractivity contribution in [2.24, 2.45) is 0 Å². The summed E-state index contributed by atoms with van der Waals surface area (Å²) in [5.41, 5.74) is 1.98. The Kier molecular flexibility index (Phi) is 5.69. The molecule has 0 saturated carbocycles. The van der Waals surface area contributed by atoms with Gasteiger partial charge in [-0.15, -0.1) is 4.41 Å². The van der Waals surface area contributed by atoms with E-state index in [1.807, 2.05) is 42.5 Å². The molecule has 1 aliphatic rings. The molecule has 0 amide bonds. The lowest BCUT2D eigenvalue weighted by atomic mass is 9.89. The maximum absolute atomic E-state index is 13.6. The molecular weight excluding hydrogens is 427 g/mol. The lowest BCUT2D eigenvalue weighted by Crippen LogP contribution is -2.40. The minimum atomic E-state index is -3.79. The average molecular weight is 447 g/mol. The van der Waals surface area contributed by atoms with Crippen molar-refractivity contribution in [3.63, 3.8) is 0 Å². The van der Waals surface area contributed by atoms with E-state index in [1.165, 1.54) is 4.41 Å². The molecule has 1 fully saturated rings. The highest BCUT2D eigenvalue weighted by Gasteiger charge is 2.46. The van der Waals surface area contributed by atoms with Crippen molar-refractivity contribution in [2.75, 3.05) is 13.6 Å². The number of likely N-dealkylation sites (N-methyl/N-ethyl adjacent to an activating group) is 1. The highest BCUT2D eigenvalue weighted by molar-refractivity contribution is 7.89. The third-order valence-electron chi connectivity index (χ3n) is 5.21. The molecule has 29 heavy (non-hydrogen) atoms. The Bertz CT molecular complexity index is 1090. The Hall–Kier alpha value is -1.89. The lowest BCUT2D eigenvalue weighted by Gasteiger charge is -2.30. The van der Waals surface area contributed by atoms with Gasteiger partial charge in [0.1, 0.15) is 0 Å². The first-order valence-electron chi connectivity index (χ1n) is 9.19. The minimum Gasteiger partial charge on any atom is -0.230 e. The van der Waals surface area contributed by atoms with E-state index in [0.717, 1.165) is 11.1 Å². The van der Waals surface area contributed by atoms with E-state index in [1.54, 1.807) is 48.5 Å². The van der Waals surface area contributed by atoms with Gasteiger partial charge in [-0.25, -0.2) is 13.4 Å². The largest absolute Gasteiger partial charge is 0.256 e. The van der Waals surface area contributed by atoms with Gasteiger partial charge < -0.3 is 0 Å². The fourth-order valence-electron chi connectivity index (χ4n) is 3.89. The average Bonchev–Trinajstić information content (AvgIpc) is 3.07. The highest BCUT2D eigenvalue weighted by atomic mass is 35.5. The van der Waals surface area contributed by atoms with Gasteiger partial charge in [-0.2, -0.15) is 0 Å². The van der Waals surface area contributed by atoms with Crippen molar-refractivity contribution < 1.29 is 8.42 Å². The molecule has 0 spiro atoms. The molecule has 1 heterocycles. The van der Waals surface area contributed by atoms with Crippen LogP contribution in [0, 0.1) is 0 Å².